The van der Waals surface area contributed by atoms with Gasteiger partial charge in [0, 0.05) is 13.7 Å². The van der Waals surface area contributed by atoms with Crippen molar-refractivity contribution in [3.05, 3.63) is 16.7 Å². The molecule has 0 amide bonds. The number of nitrogens with one attached hydrogen (secondary N) is 1. The van der Waals surface area contributed by atoms with Gasteiger partial charge < -0.3 is 19.8 Å². The molecule has 0 fully saturated rings. The van der Waals surface area contributed by atoms with Gasteiger partial charge in [0.25, 0.3) is 5.56 Å². The number of hydrogen-bond donors (Lipinski definition) is 2. The fourth-order valence-corrected chi connectivity index (χ4v) is 1.92. The summed E-state index contributed by atoms with van der Waals surface area (Å²) in [5.41, 5.74) is 5.95. The van der Waals surface area contributed by atoms with Gasteiger partial charge in [0.15, 0.2) is 11.2 Å². The summed E-state index contributed by atoms with van der Waals surface area (Å²) in [6.45, 7) is 3.64. The average Bonchev–Trinajstić information content (AvgIpc) is 2.81. The third-order valence-corrected chi connectivity index (χ3v) is 2.99. The van der Waals surface area contributed by atoms with Crippen LogP contribution in [-0.4, -0.2) is 45.9 Å². The fraction of sp³-hybridized carbons (Fsp3) is 0.583. The maximum Gasteiger partial charge on any atom is 0.280 e. The van der Waals surface area contributed by atoms with Gasteiger partial charge in [-0.15, -0.1) is 0 Å². The quantitative estimate of drug-likeness (QED) is 0.747. The standard InChI is InChI=1S/C12H19N5O3/c1-3-8(6-19-2)20-5-4-17-7-14-9-10(17)15-12(13)16-11(9)18/h7-8H,3-6H2,1-2H3,(H3,13,15,16,18). The van der Waals surface area contributed by atoms with Gasteiger partial charge in [-0.05, 0) is 6.42 Å². The minimum absolute atomic E-state index is 0.0659. The van der Waals surface area contributed by atoms with Crippen LogP contribution in [0.25, 0.3) is 11.2 Å². The number of rotatable bonds is 7. The van der Waals surface area contributed by atoms with E-state index in [9.17, 15) is 4.79 Å². The number of nitrogens with two attached hydrogens (primary N) is 1. The van der Waals surface area contributed by atoms with Crippen molar-refractivity contribution < 1.29 is 9.47 Å². The molecule has 2 heterocycles. The number of imidazole rings is 1. The Morgan fingerprint density at radius 1 is 1.55 bits per heavy atom. The molecule has 0 bridgehead atoms. The minimum atomic E-state index is -0.335. The SMILES string of the molecule is CCC(COC)OCCn1cnc2c(=O)[nH]c(N)nc21. The molecule has 0 aliphatic rings. The summed E-state index contributed by atoms with van der Waals surface area (Å²) in [5, 5.41) is 0. The zero-order valence-corrected chi connectivity index (χ0v) is 11.6. The molecule has 0 aliphatic heterocycles. The molecule has 1 unspecified atom stereocenters. The predicted molar refractivity (Wildman–Crippen MR) is 74.5 cm³/mol. The van der Waals surface area contributed by atoms with E-state index < -0.39 is 0 Å². The van der Waals surface area contributed by atoms with E-state index in [1.54, 1.807) is 18.0 Å². The molecule has 2 aromatic rings. The van der Waals surface area contributed by atoms with Crippen molar-refractivity contribution in [1.29, 1.82) is 0 Å². The molecule has 0 radical (unpaired) electrons. The Hall–Kier alpha value is -1.93. The monoisotopic (exact) mass is 281 g/mol. The van der Waals surface area contributed by atoms with Gasteiger partial charge in [-0.3, -0.25) is 9.78 Å². The maximum absolute atomic E-state index is 11.6. The number of ether oxygens (including phenoxy) is 2. The summed E-state index contributed by atoms with van der Waals surface area (Å²) >= 11 is 0. The molecule has 110 valence electrons. The topological polar surface area (TPSA) is 108 Å². The lowest BCUT2D eigenvalue weighted by Crippen LogP contribution is -2.20. The van der Waals surface area contributed by atoms with Crippen molar-refractivity contribution in [2.75, 3.05) is 26.1 Å². The maximum atomic E-state index is 11.6. The number of nitrogens with zero attached hydrogens (tertiary/aromatic N) is 3. The highest BCUT2D eigenvalue weighted by Gasteiger charge is 2.10. The average molecular weight is 281 g/mol. The van der Waals surface area contributed by atoms with Crippen LogP contribution in [-0.2, 0) is 16.0 Å². The lowest BCUT2D eigenvalue weighted by molar-refractivity contribution is -0.00639. The van der Waals surface area contributed by atoms with E-state index in [0.29, 0.717) is 25.4 Å². The van der Waals surface area contributed by atoms with E-state index in [1.165, 1.54) is 0 Å². The molecule has 2 rings (SSSR count). The first-order valence-electron chi connectivity index (χ1n) is 6.46. The van der Waals surface area contributed by atoms with Crippen molar-refractivity contribution in [3.63, 3.8) is 0 Å². The highest BCUT2D eigenvalue weighted by Crippen LogP contribution is 2.07. The lowest BCUT2D eigenvalue weighted by Gasteiger charge is -2.15. The number of hydrogen-bond acceptors (Lipinski definition) is 6. The number of aromatic amines is 1. The number of H-pyrrole nitrogens is 1. The Labute approximate surface area is 115 Å². The summed E-state index contributed by atoms with van der Waals surface area (Å²) in [5.74, 6) is 0.0796. The molecule has 2 aromatic heterocycles. The number of nitrogen functional groups attached to an aromatic ring is 1. The van der Waals surface area contributed by atoms with Gasteiger partial charge in [0.2, 0.25) is 5.95 Å². The Morgan fingerprint density at radius 3 is 3.05 bits per heavy atom. The van der Waals surface area contributed by atoms with E-state index in [2.05, 4.69) is 15.0 Å². The second kappa shape index (κ2) is 6.49. The van der Waals surface area contributed by atoms with Crippen LogP contribution < -0.4 is 11.3 Å². The molecule has 8 nitrogen and oxygen atoms in total. The number of aromatic nitrogens is 4. The molecule has 8 heteroatoms. The van der Waals surface area contributed by atoms with Crippen LogP contribution in [0, 0.1) is 0 Å². The second-order valence-electron chi connectivity index (χ2n) is 4.42. The molecule has 1 atom stereocenters. The van der Waals surface area contributed by atoms with Crippen LogP contribution in [0.15, 0.2) is 11.1 Å². The summed E-state index contributed by atoms with van der Waals surface area (Å²) in [6.07, 6.45) is 2.51. The highest BCUT2D eigenvalue weighted by atomic mass is 16.5. The Morgan fingerprint density at radius 2 is 2.35 bits per heavy atom. The zero-order valence-electron chi connectivity index (χ0n) is 11.6. The zero-order chi connectivity index (χ0) is 14.5. The van der Waals surface area contributed by atoms with Crippen LogP contribution >= 0.6 is 0 Å². The normalized spacial score (nSPS) is 12.9. The molecule has 20 heavy (non-hydrogen) atoms. The fourth-order valence-electron chi connectivity index (χ4n) is 1.92. The third kappa shape index (κ3) is 3.14. The summed E-state index contributed by atoms with van der Waals surface area (Å²) in [4.78, 5) is 22.2. The van der Waals surface area contributed by atoms with Crippen molar-refractivity contribution in [3.8, 4) is 0 Å². The first-order chi connectivity index (χ1) is 9.65. The van der Waals surface area contributed by atoms with Crippen molar-refractivity contribution in [2.24, 2.45) is 0 Å². The van der Waals surface area contributed by atoms with Gasteiger partial charge >= 0.3 is 0 Å². The second-order valence-corrected chi connectivity index (χ2v) is 4.42. The Bertz CT molecular complexity index is 621. The van der Waals surface area contributed by atoms with Crippen molar-refractivity contribution >= 4 is 17.1 Å². The van der Waals surface area contributed by atoms with Crippen LogP contribution in [0.1, 0.15) is 13.3 Å². The molecule has 0 saturated carbocycles. The van der Waals surface area contributed by atoms with E-state index in [0.717, 1.165) is 6.42 Å². The largest absolute Gasteiger partial charge is 0.382 e. The van der Waals surface area contributed by atoms with Crippen molar-refractivity contribution in [1.82, 2.24) is 19.5 Å². The van der Waals surface area contributed by atoms with Gasteiger partial charge in [0.05, 0.1) is 25.6 Å². The van der Waals surface area contributed by atoms with Gasteiger partial charge in [-0.2, -0.15) is 4.98 Å². The molecular weight excluding hydrogens is 262 g/mol. The Balaban J connectivity index is 2.05. The van der Waals surface area contributed by atoms with E-state index >= 15 is 0 Å². The van der Waals surface area contributed by atoms with E-state index in [1.807, 2.05) is 6.92 Å². The van der Waals surface area contributed by atoms with Gasteiger partial charge in [-0.25, -0.2) is 4.98 Å². The molecular formula is C12H19N5O3. The molecule has 0 aromatic carbocycles. The highest BCUT2D eigenvalue weighted by molar-refractivity contribution is 5.70. The summed E-state index contributed by atoms with van der Waals surface area (Å²) < 4.78 is 12.5. The minimum Gasteiger partial charge on any atom is -0.382 e. The first kappa shape index (κ1) is 14.5. The summed E-state index contributed by atoms with van der Waals surface area (Å²) in [6, 6.07) is 0. The Kier molecular flexibility index (Phi) is 4.70. The smallest absolute Gasteiger partial charge is 0.280 e. The number of methoxy groups -OCH3 is 1. The number of anilines is 1. The first-order valence-corrected chi connectivity index (χ1v) is 6.46. The lowest BCUT2D eigenvalue weighted by atomic mass is 10.3. The van der Waals surface area contributed by atoms with Gasteiger partial charge in [-0.1, -0.05) is 6.92 Å². The van der Waals surface area contributed by atoms with Gasteiger partial charge in [0.1, 0.15) is 0 Å². The van der Waals surface area contributed by atoms with E-state index in [4.69, 9.17) is 15.2 Å². The van der Waals surface area contributed by atoms with Crippen LogP contribution in [0.2, 0.25) is 0 Å². The molecule has 3 N–H and O–H groups in total. The molecule has 0 saturated heterocycles. The van der Waals surface area contributed by atoms with Crippen LogP contribution in [0.3, 0.4) is 0 Å². The van der Waals surface area contributed by atoms with E-state index in [-0.39, 0.29) is 23.1 Å². The van der Waals surface area contributed by atoms with Crippen molar-refractivity contribution in [2.45, 2.75) is 26.0 Å². The third-order valence-electron chi connectivity index (χ3n) is 2.99. The molecule has 0 spiro atoms. The van der Waals surface area contributed by atoms with Crippen LogP contribution in [0.4, 0.5) is 5.95 Å². The van der Waals surface area contributed by atoms with Crippen LogP contribution in [0.5, 0.6) is 0 Å². The predicted octanol–water partition coefficient (Wildman–Crippen LogP) is 0.143. The summed E-state index contributed by atoms with van der Waals surface area (Å²) in [7, 11) is 1.65. The number of fused-ring (bicyclic) bond motifs is 1. The molecule has 0 aliphatic carbocycles.